The molecule has 0 atom stereocenters. The van der Waals surface area contributed by atoms with Crippen LogP contribution in [-0.4, -0.2) is 25.2 Å². The van der Waals surface area contributed by atoms with Gasteiger partial charge in [-0.15, -0.1) is 0 Å². The molecule has 0 fully saturated rings. The van der Waals surface area contributed by atoms with Crippen LogP contribution in [0.15, 0.2) is 17.8 Å². The molecule has 0 aliphatic heterocycles. The average Bonchev–Trinajstić information content (AvgIpc) is 1.87. The van der Waals surface area contributed by atoms with Gasteiger partial charge in [0.15, 0.2) is 0 Å². The van der Waals surface area contributed by atoms with Crippen molar-refractivity contribution in [1.29, 1.82) is 0 Å². The second-order valence-electron chi connectivity index (χ2n) is 1.35. The van der Waals surface area contributed by atoms with E-state index in [1.807, 2.05) is 0 Å². The van der Waals surface area contributed by atoms with Gasteiger partial charge in [0, 0.05) is 13.2 Å². The van der Waals surface area contributed by atoms with Crippen molar-refractivity contribution in [2.75, 3.05) is 14.2 Å². The van der Waals surface area contributed by atoms with Gasteiger partial charge in [-0.05, 0) is 0 Å². The van der Waals surface area contributed by atoms with Crippen molar-refractivity contribution >= 4 is 5.96 Å². The second kappa shape index (κ2) is 3.91. The van der Waals surface area contributed by atoms with Crippen LogP contribution in [0.1, 0.15) is 0 Å². The third kappa shape index (κ3) is 2.71. The van der Waals surface area contributed by atoms with E-state index in [9.17, 15) is 0 Å². The Bertz CT molecular complexity index is 121. The van der Waals surface area contributed by atoms with Crippen molar-refractivity contribution in [1.82, 2.24) is 5.06 Å². The van der Waals surface area contributed by atoms with Crippen LogP contribution in [0.25, 0.3) is 0 Å². The van der Waals surface area contributed by atoms with E-state index in [-0.39, 0.29) is 5.96 Å². The first kappa shape index (κ1) is 7.97. The molecule has 0 rings (SSSR count). The van der Waals surface area contributed by atoms with E-state index < -0.39 is 0 Å². The first-order valence-corrected chi connectivity index (χ1v) is 2.44. The lowest BCUT2D eigenvalue weighted by Gasteiger charge is -2.12. The summed E-state index contributed by atoms with van der Waals surface area (Å²) in [6.07, 6.45) is 1.35. The number of aliphatic imine (C=N–C) groups is 1. The standard InChI is InChI=1S/C5H11N3O/c1-4-7-5(6)8(2)9-3/h4H,1H2,2-3H3,(H2,6,7). The number of guanidine groups is 1. The van der Waals surface area contributed by atoms with Gasteiger partial charge in [-0.2, -0.15) is 0 Å². The predicted molar refractivity (Wildman–Crippen MR) is 36.6 cm³/mol. The van der Waals surface area contributed by atoms with E-state index in [0.717, 1.165) is 0 Å². The number of nitrogens with two attached hydrogens (primary N) is 1. The molecule has 2 N–H and O–H groups in total. The molecule has 0 saturated carbocycles. The number of rotatable bonds is 2. The van der Waals surface area contributed by atoms with Gasteiger partial charge >= 0.3 is 0 Å². The quantitative estimate of drug-likeness (QED) is 0.323. The molecule has 0 aromatic rings. The predicted octanol–water partition coefficient (Wildman–Crippen LogP) is -0.0622. The molecule has 9 heavy (non-hydrogen) atoms. The fraction of sp³-hybridized carbons (Fsp3) is 0.400. The number of hydroxylamine groups is 2. The third-order valence-corrected chi connectivity index (χ3v) is 0.820. The highest BCUT2D eigenvalue weighted by Gasteiger charge is 1.94. The first-order valence-electron chi connectivity index (χ1n) is 2.44. The minimum atomic E-state index is 0.285. The zero-order valence-corrected chi connectivity index (χ0v) is 5.66. The number of nitrogens with zero attached hydrogens (tertiary/aromatic N) is 2. The highest BCUT2D eigenvalue weighted by Crippen LogP contribution is 1.80. The molecular weight excluding hydrogens is 118 g/mol. The van der Waals surface area contributed by atoms with Gasteiger partial charge in [-0.1, -0.05) is 6.58 Å². The fourth-order valence-electron chi connectivity index (χ4n) is 0.268. The summed E-state index contributed by atoms with van der Waals surface area (Å²) in [5.41, 5.74) is 5.32. The lowest BCUT2D eigenvalue weighted by Crippen LogP contribution is -2.32. The van der Waals surface area contributed by atoms with Crippen molar-refractivity contribution in [2.24, 2.45) is 10.7 Å². The van der Waals surface area contributed by atoms with Gasteiger partial charge in [0.1, 0.15) is 0 Å². The van der Waals surface area contributed by atoms with Gasteiger partial charge in [0.2, 0.25) is 5.96 Å². The molecule has 0 aliphatic rings. The molecule has 0 amide bonds. The highest BCUT2D eigenvalue weighted by molar-refractivity contribution is 5.77. The molecule has 0 saturated heterocycles. The Morgan fingerprint density at radius 3 is 2.78 bits per heavy atom. The van der Waals surface area contributed by atoms with Gasteiger partial charge in [0.25, 0.3) is 0 Å². The average molecular weight is 129 g/mol. The van der Waals surface area contributed by atoms with Crippen molar-refractivity contribution in [3.05, 3.63) is 12.8 Å². The van der Waals surface area contributed by atoms with Crippen LogP contribution in [0.3, 0.4) is 0 Å². The fourth-order valence-corrected chi connectivity index (χ4v) is 0.268. The zero-order valence-electron chi connectivity index (χ0n) is 5.66. The topological polar surface area (TPSA) is 50.8 Å². The van der Waals surface area contributed by atoms with Crippen molar-refractivity contribution < 1.29 is 4.84 Å². The Morgan fingerprint density at radius 2 is 2.44 bits per heavy atom. The van der Waals surface area contributed by atoms with Crippen LogP contribution in [-0.2, 0) is 4.84 Å². The van der Waals surface area contributed by atoms with Crippen LogP contribution < -0.4 is 5.73 Å². The SMILES string of the molecule is C=CN=C(N)N(C)OC. The number of hydrogen-bond acceptors (Lipinski definition) is 2. The van der Waals surface area contributed by atoms with E-state index in [1.165, 1.54) is 18.4 Å². The van der Waals surface area contributed by atoms with E-state index in [4.69, 9.17) is 10.6 Å². The van der Waals surface area contributed by atoms with E-state index in [0.29, 0.717) is 0 Å². The van der Waals surface area contributed by atoms with Gasteiger partial charge in [0.05, 0.1) is 7.11 Å². The molecule has 0 heterocycles. The summed E-state index contributed by atoms with van der Waals surface area (Å²) in [4.78, 5) is 8.35. The minimum Gasteiger partial charge on any atom is -0.368 e. The lowest BCUT2D eigenvalue weighted by atomic mass is 10.9. The van der Waals surface area contributed by atoms with Gasteiger partial charge in [-0.25, -0.2) is 10.1 Å². The molecule has 0 aromatic carbocycles. The Hall–Kier alpha value is -1.03. The molecule has 52 valence electrons. The maximum Gasteiger partial charge on any atom is 0.220 e. The number of hydrogen-bond donors (Lipinski definition) is 1. The zero-order chi connectivity index (χ0) is 7.28. The van der Waals surface area contributed by atoms with E-state index in [1.54, 1.807) is 7.05 Å². The summed E-state index contributed by atoms with van der Waals surface area (Å²) in [6.45, 7) is 3.37. The molecule has 0 bridgehead atoms. The Labute approximate surface area is 54.6 Å². The highest BCUT2D eigenvalue weighted by atomic mass is 16.7. The van der Waals surface area contributed by atoms with Gasteiger partial charge < -0.3 is 5.73 Å². The van der Waals surface area contributed by atoms with Crippen molar-refractivity contribution in [2.45, 2.75) is 0 Å². The molecular formula is C5H11N3O. The van der Waals surface area contributed by atoms with Crippen LogP contribution in [0, 0.1) is 0 Å². The molecule has 4 nitrogen and oxygen atoms in total. The summed E-state index contributed by atoms with van der Waals surface area (Å²) in [5, 5.41) is 1.34. The van der Waals surface area contributed by atoms with Crippen LogP contribution in [0.5, 0.6) is 0 Å². The van der Waals surface area contributed by atoms with Crippen molar-refractivity contribution in [3.63, 3.8) is 0 Å². The maximum atomic E-state index is 5.32. The van der Waals surface area contributed by atoms with Crippen LogP contribution in [0.4, 0.5) is 0 Å². The van der Waals surface area contributed by atoms with Crippen LogP contribution >= 0.6 is 0 Å². The lowest BCUT2D eigenvalue weighted by molar-refractivity contribution is -0.0429. The normalized spacial score (nSPS) is 11.1. The van der Waals surface area contributed by atoms with Gasteiger partial charge in [-0.3, -0.25) is 4.84 Å². The summed E-state index contributed by atoms with van der Waals surface area (Å²) in [7, 11) is 3.16. The van der Waals surface area contributed by atoms with E-state index >= 15 is 0 Å². The molecule has 0 spiro atoms. The largest absolute Gasteiger partial charge is 0.368 e. The molecule has 4 heteroatoms. The minimum absolute atomic E-state index is 0.285. The Morgan fingerprint density at radius 1 is 1.89 bits per heavy atom. The third-order valence-electron chi connectivity index (χ3n) is 0.820. The first-order chi connectivity index (χ1) is 4.22. The molecule has 0 aliphatic carbocycles. The Kier molecular flexibility index (Phi) is 3.46. The summed E-state index contributed by atoms with van der Waals surface area (Å²) < 4.78 is 0. The summed E-state index contributed by atoms with van der Waals surface area (Å²) in [6, 6.07) is 0. The smallest absolute Gasteiger partial charge is 0.220 e. The Balaban J connectivity index is 3.84. The monoisotopic (exact) mass is 129 g/mol. The molecule has 0 aromatic heterocycles. The molecule has 0 unspecified atom stereocenters. The van der Waals surface area contributed by atoms with E-state index in [2.05, 4.69) is 11.6 Å². The maximum absolute atomic E-state index is 5.32. The second-order valence-corrected chi connectivity index (χ2v) is 1.35. The molecule has 0 radical (unpaired) electrons. The van der Waals surface area contributed by atoms with Crippen molar-refractivity contribution in [3.8, 4) is 0 Å². The summed E-state index contributed by atoms with van der Waals surface area (Å²) in [5.74, 6) is 0.285. The summed E-state index contributed by atoms with van der Waals surface area (Å²) >= 11 is 0. The van der Waals surface area contributed by atoms with Crippen LogP contribution in [0.2, 0.25) is 0 Å².